The number of anilines is 1. The number of nitrogens with zero attached hydrogens (tertiary/aromatic N) is 4. The molecule has 2 aliphatic heterocycles. The summed E-state index contributed by atoms with van der Waals surface area (Å²) in [5.41, 5.74) is 11.0. The third-order valence-corrected chi connectivity index (χ3v) is 8.46. The van der Waals surface area contributed by atoms with Crippen molar-refractivity contribution in [3.05, 3.63) is 118 Å². The zero-order chi connectivity index (χ0) is 29.4. The number of nitrogens with two attached hydrogens (primary N) is 1. The topological polar surface area (TPSA) is 74.4 Å². The largest absolute Gasteiger partial charge is 0.497 e. The van der Waals surface area contributed by atoms with Crippen LogP contribution in [-0.2, 0) is 17.8 Å². The van der Waals surface area contributed by atoms with Crippen LogP contribution < -0.4 is 15.4 Å². The van der Waals surface area contributed by atoms with Gasteiger partial charge in [-0.25, -0.2) is 0 Å². The Morgan fingerprint density at radius 2 is 1.67 bits per heavy atom. The van der Waals surface area contributed by atoms with Crippen molar-refractivity contribution in [2.24, 2.45) is 10.7 Å². The van der Waals surface area contributed by atoms with Crippen LogP contribution in [0.1, 0.15) is 22.7 Å². The smallest absolute Gasteiger partial charge is 0.245 e. The number of halogens is 1. The summed E-state index contributed by atoms with van der Waals surface area (Å²) in [4.78, 5) is 25.2. The number of carbonyl (C=O) groups excluding carboxylic acids is 1. The first-order chi connectivity index (χ1) is 20.3. The molecule has 7 nitrogen and oxygen atoms in total. The van der Waals surface area contributed by atoms with E-state index >= 15 is 0 Å². The van der Waals surface area contributed by atoms with Crippen LogP contribution >= 0.6 is 11.6 Å². The van der Waals surface area contributed by atoms with Crippen molar-refractivity contribution in [2.45, 2.75) is 31.3 Å². The molecule has 3 atom stereocenters. The van der Waals surface area contributed by atoms with Gasteiger partial charge in [0.05, 0.1) is 25.7 Å². The van der Waals surface area contributed by atoms with Crippen LogP contribution in [-0.4, -0.2) is 55.5 Å². The second-order valence-electron chi connectivity index (χ2n) is 10.9. The van der Waals surface area contributed by atoms with Gasteiger partial charge in [0.2, 0.25) is 5.91 Å². The molecule has 2 heterocycles. The van der Waals surface area contributed by atoms with Gasteiger partial charge in [-0.05, 0) is 71.3 Å². The number of likely N-dealkylation sites (N-methyl/N-ethyl adjacent to an activating group) is 1. The summed E-state index contributed by atoms with van der Waals surface area (Å²) in [6.07, 6.45) is 3.93. The molecule has 0 aliphatic carbocycles. The molecule has 1 amide bonds. The van der Waals surface area contributed by atoms with Crippen molar-refractivity contribution in [1.29, 1.82) is 0 Å². The lowest BCUT2D eigenvalue weighted by Crippen LogP contribution is -2.48. The fourth-order valence-electron chi connectivity index (χ4n) is 5.93. The first-order valence-electron chi connectivity index (χ1n) is 14.0. The molecule has 3 unspecified atom stereocenters. The predicted octanol–water partition coefficient (Wildman–Crippen LogP) is 5.78. The molecule has 8 heteroatoms. The summed E-state index contributed by atoms with van der Waals surface area (Å²) >= 11 is 6.61. The SMILES string of the molecule is COc1ccc(CN2C(=O)C(Cc3ccc4ccccc4c3)N(C)C(C3=CN(C)C(N)N=C3)c3cc(Cl)ccc32)cc1. The van der Waals surface area contributed by atoms with Crippen LogP contribution in [0.25, 0.3) is 10.8 Å². The number of rotatable bonds is 6. The minimum absolute atomic E-state index is 0.0194. The fraction of sp³-hybridized carbons (Fsp3) is 0.235. The third kappa shape index (κ3) is 5.39. The summed E-state index contributed by atoms with van der Waals surface area (Å²) < 4.78 is 5.36. The molecule has 0 radical (unpaired) electrons. The number of aliphatic imine (C=N–C) groups is 1. The van der Waals surface area contributed by atoms with Crippen LogP contribution in [0.3, 0.4) is 0 Å². The van der Waals surface area contributed by atoms with Crippen LogP contribution in [0.4, 0.5) is 5.69 Å². The first kappa shape index (κ1) is 28.0. The second-order valence-corrected chi connectivity index (χ2v) is 11.4. The van der Waals surface area contributed by atoms with E-state index in [0.29, 0.717) is 18.0 Å². The summed E-state index contributed by atoms with van der Waals surface area (Å²) in [5, 5.41) is 2.93. The third-order valence-electron chi connectivity index (χ3n) is 8.23. The Morgan fingerprint density at radius 1 is 0.929 bits per heavy atom. The van der Waals surface area contributed by atoms with Gasteiger partial charge in [-0.2, -0.15) is 0 Å². The Kier molecular flexibility index (Phi) is 7.73. The molecule has 2 aliphatic rings. The monoisotopic (exact) mass is 579 g/mol. The Balaban J connectivity index is 1.48. The van der Waals surface area contributed by atoms with Crippen LogP contribution in [0.2, 0.25) is 5.02 Å². The molecule has 0 bridgehead atoms. The fourth-order valence-corrected chi connectivity index (χ4v) is 6.11. The molecular formula is C34H34ClN5O2. The molecule has 0 fully saturated rings. The average molecular weight is 580 g/mol. The molecule has 0 aromatic heterocycles. The van der Waals surface area contributed by atoms with E-state index in [1.54, 1.807) is 7.11 Å². The van der Waals surface area contributed by atoms with Gasteiger partial charge in [-0.1, -0.05) is 66.2 Å². The molecule has 42 heavy (non-hydrogen) atoms. The van der Waals surface area contributed by atoms with Gasteiger partial charge in [0.25, 0.3) is 0 Å². The van der Waals surface area contributed by atoms with Gasteiger partial charge < -0.3 is 14.5 Å². The molecule has 4 aromatic rings. The minimum atomic E-state index is -0.462. The number of hydrogen-bond donors (Lipinski definition) is 1. The lowest BCUT2D eigenvalue weighted by atomic mass is 9.94. The Bertz CT molecular complexity index is 1690. The summed E-state index contributed by atoms with van der Waals surface area (Å²) in [7, 11) is 5.57. The average Bonchev–Trinajstić information content (AvgIpc) is 3.07. The number of carbonyl (C=O) groups is 1. The zero-order valence-corrected chi connectivity index (χ0v) is 24.7. The second kappa shape index (κ2) is 11.6. The Labute approximate surface area is 251 Å². The minimum Gasteiger partial charge on any atom is -0.497 e. The number of ether oxygens (including phenoxy) is 1. The zero-order valence-electron chi connectivity index (χ0n) is 23.9. The normalized spacial score (nSPS) is 20.8. The lowest BCUT2D eigenvalue weighted by Gasteiger charge is -2.35. The predicted molar refractivity (Wildman–Crippen MR) is 170 cm³/mol. The number of benzene rings is 4. The molecule has 2 N–H and O–H groups in total. The van der Waals surface area contributed by atoms with Crippen molar-refractivity contribution in [2.75, 3.05) is 26.1 Å². The summed E-state index contributed by atoms with van der Waals surface area (Å²) in [6.45, 7) is 0.407. The number of fused-ring (bicyclic) bond motifs is 2. The van der Waals surface area contributed by atoms with Crippen molar-refractivity contribution in [1.82, 2.24) is 9.80 Å². The van der Waals surface area contributed by atoms with Gasteiger partial charge in [0.1, 0.15) is 5.75 Å². The van der Waals surface area contributed by atoms with E-state index in [1.165, 1.54) is 5.39 Å². The lowest BCUT2D eigenvalue weighted by molar-refractivity contribution is -0.123. The standard InChI is InChI=1S/C34H34ClN5O2/c1-38-21-26(19-37-34(38)36)32-29-18-27(35)12-15-30(29)40(20-22-9-13-28(42-3)14-10-22)33(41)31(39(32)2)17-23-8-11-24-6-4-5-7-25(24)16-23/h4-16,18-19,21,31-32,34H,17,20,36H2,1-3H3. The van der Waals surface area contributed by atoms with E-state index < -0.39 is 12.3 Å². The maximum absolute atomic E-state index is 14.7. The number of methoxy groups -OCH3 is 1. The van der Waals surface area contributed by atoms with Gasteiger partial charge in [0.15, 0.2) is 6.29 Å². The summed E-state index contributed by atoms with van der Waals surface area (Å²) in [5.74, 6) is 0.791. The van der Waals surface area contributed by atoms with E-state index in [1.807, 2.05) is 90.9 Å². The van der Waals surface area contributed by atoms with E-state index in [-0.39, 0.29) is 11.9 Å². The molecule has 0 saturated carbocycles. The molecular weight excluding hydrogens is 546 g/mol. The maximum Gasteiger partial charge on any atom is 0.245 e. The highest BCUT2D eigenvalue weighted by molar-refractivity contribution is 6.30. The Hall–Kier alpha value is -4.17. The van der Waals surface area contributed by atoms with Crippen molar-refractivity contribution >= 4 is 40.2 Å². The van der Waals surface area contributed by atoms with E-state index in [2.05, 4.69) is 40.2 Å². The van der Waals surface area contributed by atoms with Crippen molar-refractivity contribution < 1.29 is 9.53 Å². The van der Waals surface area contributed by atoms with Crippen LogP contribution in [0.5, 0.6) is 5.75 Å². The highest BCUT2D eigenvalue weighted by atomic mass is 35.5. The molecule has 214 valence electrons. The highest BCUT2D eigenvalue weighted by Gasteiger charge is 2.40. The molecule has 0 spiro atoms. The molecule has 6 rings (SSSR count). The van der Waals surface area contributed by atoms with Gasteiger partial charge >= 0.3 is 0 Å². The number of amides is 1. The van der Waals surface area contributed by atoms with E-state index in [0.717, 1.165) is 39.1 Å². The van der Waals surface area contributed by atoms with Gasteiger partial charge in [0, 0.05) is 35.7 Å². The van der Waals surface area contributed by atoms with Crippen molar-refractivity contribution in [3.63, 3.8) is 0 Å². The quantitative estimate of drug-likeness (QED) is 0.314. The molecule has 4 aromatic carbocycles. The summed E-state index contributed by atoms with van der Waals surface area (Å²) in [6, 6.07) is 27.6. The van der Waals surface area contributed by atoms with Gasteiger partial charge in [-0.3, -0.25) is 20.4 Å². The first-order valence-corrected chi connectivity index (χ1v) is 14.4. The van der Waals surface area contributed by atoms with Crippen LogP contribution in [0, 0.1) is 0 Å². The van der Waals surface area contributed by atoms with Crippen LogP contribution in [0.15, 0.2) is 102 Å². The Morgan fingerprint density at radius 3 is 2.40 bits per heavy atom. The van der Waals surface area contributed by atoms with E-state index in [9.17, 15) is 4.79 Å². The number of hydrogen-bond acceptors (Lipinski definition) is 6. The van der Waals surface area contributed by atoms with Gasteiger partial charge in [-0.15, -0.1) is 0 Å². The van der Waals surface area contributed by atoms with Crippen molar-refractivity contribution in [3.8, 4) is 5.75 Å². The highest BCUT2D eigenvalue weighted by Crippen LogP contribution is 2.42. The molecule has 0 saturated heterocycles. The maximum atomic E-state index is 14.7. The van der Waals surface area contributed by atoms with E-state index in [4.69, 9.17) is 22.1 Å².